The second kappa shape index (κ2) is 5.83. The molecular formula is C13H12ClN3O3. The van der Waals surface area contributed by atoms with Crippen LogP contribution in [-0.4, -0.2) is 26.0 Å². The number of carbonyl (C=O) groups is 1. The second-order valence-electron chi connectivity index (χ2n) is 4.23. The van der Waals surface area contributed by atoms with Crippen LogP contribution < -0.4 is 5.56 Å². The van der Waals surface area contributed by atoms with E-state index in [4.69, 9.17) is 16.7 Å². The van der Waals surface area contributed by atoms with E-state index in [1.165, 1.54) is 6.20 Å². The highest BCUT2D eigenvalue weighted by molar-refractivity contribution is 6.30. The van der Waals surface area contributed by atoms with Crippen LogP contribution in [0.5, 0.6) is 0 Å². The van der Waals surface area contributed by atoms with Gasteiger partial charge in [0, 0.05) is 23.9 Å². The first-order chi connectivity index (χ1) is 9.47. The topological polar surface area (TPSA) is 95.9 Å². The zero-order valence-electron chi connectivity index (χ0n) is 10.7. The second-order valence-corrected chi connectivity index (χ2v) is 4.67. The Balaban J connectivity index is 2.37. The van der Waals surface area contributed by atoms with E-state index in [1.807, 2.05) is 0 Å². The maximum absolute atomic E-state index is 12.0. The minimum Gasteiger partial charge on any atom is -0.481 e. The van der Waals surface area contributed by atoms with Crippen molar-refractivity contribution in [3.8, 4) is 11.5 Å². The van der Waals surface area contributed by atoms with Crippen LogP contribution in [-0.2, 0) is 11.2 Å². The van der Waals surface area contributed by atoms with Crippen LogP contribution in [0.15, 0.2) is 23.1 Å². The molecule has 0 amide bonds. The van der Waals surface area contributed by atoms with Gasteiger partial charge in [-0.15, -0.1) is 0 Å². The first-order valence-corrected chi connectivity index (χ1v) is 6.28. The van der Waals surface area contributed by atoms with Crippen molar-refractivity contribution in [1.29, 1.82) is 0 Å². The van der Waals surface area contributed by atoms with Gasteiger partial charge in [-0.25, -0.2) is 4.98 Å². The zero-order chi connectivity index (χ0) is 14.7. The number of H-pyrrole nitrogens is 1. The average Bonchev–Trinajstić information content (AvgIpc) is 2.38. The Morgan fingerprint density at radius 1 is 1.45 bits per heavy atom. The van der Waals surface area contributed by atoms with Gasteiger partial charge in [0.25, 0.3) is 5.56 Å². The molecule has 2 rings (SSSR count). The Bertz CT molecular complexity index is 695. The van der Waals surface area contributed by atoms with Gasteiger partial charge < -0.3 is 10.1 Å². The van der Waals surface area contributed by atoms with E-state index < -0.39 is 5.97 Å². The van der Waals surface area contributed by atoms with E-state index >= 15 is 0 Å². The highest BCUT2D eigenvalue weighted by atomic mass is 35.5. The standard InChI is InChI=1S/C13H12ClN3O3/c1-7-9(3-5-11(18)19)13(20)17-12(16-7)10-4-2-8(14)6-15-10/h2,4,6H,3,5H2,1H3,(H,18,19)(H,16,17,20). The smallest absolute Gasteiger partial charge is 0.303 e. The van der Waals surface area contributed by atoms with Gasteiger partial charge in [0.2, 0.25) is 0 Å². The summed E-state index contributed by atoms with van der Waals surface area (Å²) in [6, 6.07) is 3.30. The third kappa shape index (κ3) is 3.21. The molecule has 0 radical (unpaired) electrons. The number of rotatable bonds is 4. The van der Waals surface area contributed by atoms with Crippen LogP contribution in [0, 0.1) is 6.92 Å². The molecule has 2 aromatic rings. The van der Waals surface area contributed by atoms with Gasteiger partial charge >= 0.3 is 5.97 Å². The lowest BCUT2D eigenvalue weighted by Crippen LogP contribution is -2.18. The van der Waals surface area contributed by atoms with Gasteiger partial charge in [-0.2, -0.15) is 0 Å². The Hall–Kier alpha value is -2.21. The molecule has 0 spiro atoms. The number of hydrogen-bond donors (Lipinski definition) is 2. The molecule has 0 aromatic carbocycles. The number of aromatic nitrogens is 3. The fourth-order valence-corrected chi connectivity index (χ4v) is 1.89. The first-order valence-electron chi connectivity index (χ1n) is 5.91. The summed E-state index contributed by atoms with van der Waals surface area (Å²) in [5, 5.41) is 9.15. The number of aromatic amines is 1. The normalized spacial score (nSPS) is 10.5. The molecule has 0 saturated heterocycles. The summed E-state index contributed by atoms with van der Waals surface area (Å²) in [6.07, 6.45) is 1.51. The molecule has 104 valence electrons. The van der Waals surface area contributed by atoms with Crippen LogP contribution in [0.25, 0.3) is 11.5 Å². The molecule has 0 aliphatic heterocycles. The summed E-state index contributed by atoms with van der Waals surface area (Å²) >= 11 is 5.75. The van der Waals surface area contributed by atoms with Gasteiger partial charge in [0.05, 0.1) is 5.02 Å². The van der Waals surface area contributed by atoms with Crippen LogP contribution in [0.3, 0.4) is 0 Å². The molecule has 0 bridgehead atoms. The lowest BCUT2D eigenvalue weighted by molar-refractivity contribution is -0.136. The predicted molar refractivity (Wildman–Crippen MR) is 73.8 cm³/mol. The van der Waals surface area contributed by atoms with Crippen LogP contribution in [0.4, 0.5) is 0 Å². The van der Waals surface area contributed by atoms with E-state index in [-0.39, 0.29) is 18.4 Å². The quantitative estimate of drug-likeness (QED) is 0.896. The summed E-state index contributed by atoms with van der Waals surface area (Å²) < 4.78 is 0. The highest BCUT2D eigenvalue weighted by Gasteiger charge is 2.11. The number of aliphatic carboxylic acids is 1. The molecule has 0 aliphatic carbocycles. The maximum atomic E-state index is 12.0. The Morgan fingerprint density at radius 2 is 2.20 bits per heavy atom. The van der Waals surface area contributed by atoms with Crippen molar-refractivity contribution in [3.63, 3.8) is 0 Å². The van der Waals surface area contributed by atoms with Crippen LogP contribution in [0.2, 0.25) is 5.02 Å². The fourth-order valence-electron chi connectivity index (χ4n) is 1.77. The van der Waals surface area contributed by atoms with Gasteiger partial charge in [0.1, 0.15) is 5.69 Å². The molecule has 0 fully saturated rings. The minimum atomic E-state index is -0.952. The van der Waals surface area contributed by atoms with E-state index in [2.05, 4.69) is 15.0 Å². The number of nitrogens with zero attached hydrogens (tertiary/aromatic N) is 2. The van der Waals surface area contributed by atoms with Crippen LogP contribution >= 0.6 is 11.6 Å². The molecular weight excluding hydrogens is 282 g/mol. The highest BCUT2D eigenvalue weighted by Crippen LogP contribution is 2.15. The molecule has 2 aromatic heterocycles. The summed E-state index contributed by atoms with van der Waals surface area (Å²) in [5.41, 5.74) is 1.04. The molecule has 0 atom stereocenters. The third-order valence-electron chi connectivity index (χ3n) is 2.78. The van der Waals surface area contributed by atoms with Gasteiger partial charge in [-0.3, -0.25) is 14.6 Å². The molecule has 6 nitrogen and oxygen atoms in total. The van der Waals surface area contributed by atoms with Crippen molar-refractivity contribution < 1.29 is 9.90 Å². The number of halogens is 1. The maximum Gasteiger partial charge on any atom is 0.303 e. The number of hydrogen-bond acceptors (Lipinski definition) is 4. The average molecular weight is 294 g/mol. The number of carboxylic acids is 1. The Morgan fingerprint density at radius 3 is 2.75 bits per heavy atom. The molecule has 2 N–H and O–H groups in total. The lowest BCUT2D eigenvalue weighted by atomic mass is 10.1. The Labute approximate surface area is 119 Å². The minimum absolute atomic E-state index is 0.107. The van der Waals surface area contributed by atoms with Crippen molar-refractivity contribution >= 4 is 17.6 Å². The Kier molecular flexibility index (Phi) is 4.14. The van der Waals surface area contributed by atoms with Crippen LogP contribution in [0.1, 0.15) is 17.7 Å². The third-order valence-corrected chi connectivity index (χ3v) is 3.00. The van der Waals surface area contributed by atoms with Gasteiger partial charge in [0.15, 0.2) is 5.82 Å². The monoisotopic (exact) mass is 293 g/mol. The first kappa shape index (κ1) is 14.2. The summed E-state index contributed by atoms with van der Waals surface area (Å²) in [4.78, 5) is 33.5. The summed E-state index contributed by atoms with van der Waals surface area (Å²) in [6.45, 7) is 1.67. The number of carboxylic acid groups (broad SMARTS) is 1. The van der Waals surface area contributed by atoms with E-state index in [9.17, 15) is 9.59 Å². The number of aryl methyl sites for hydroxylation is 1. The fraction of sp³-hybridized carbons (Fsp3) is 0.231. The molecule has 7 heteroatoms. The summed E-state index contributed by atoms with van der Waals surface area (Å²) in [7, 11) is 0. The van der Waals surface area contributed by atoms with E-state index in [0.29, 0.717) is 27.8 Å². The predicted octanol–water partition coefficient (Wildman–Crippen LogP) is 1.81. The molecule has 0 aliphatic rings. The van der Waals surface area contributed by atoms with Crippen molar-refractivity contribution in [2.75, 3.05) is 0 Å². The molecule has 20 heavy (non-hydrogen) atoms. The number of pyridine rings is 1. The number of nitrogens with one attached hydrogen (secondary N) is 1. The molecule has 0 unspecified atom stereocenters. The van der Waals surface area contributed by atoms with E-state index in [0.717, 1.165) is 0 Å². The van der Waals surface area contributed by atoms with Crippen molar-refractivity contribution in [1.82, 2.24) is 15.0 Å². The lowest BCUT2D eigenvalue weighted by Gasteiger charge is -2.06. The van der Waals surface area contributed by atoms with E-state index in [1.54, 1.807) is 19.1 Å². The summed E-state index contributed by atoms with van der Waals surface area (Å²) in [5.74, 6) is -0.615. The largest absolute Gasteiger partial charge is 0.481 e. The van der Waals surface area contributed by atoms with Crippen molar-refractivity contribution in [2.45, 2.75) is 19.8 Å². The molecule has 0 saturated carbocycles. The molecule has 2 heterocycles. The van der Waals surface area contributed by atoms with Crippen molar-refractivity contribution in [2.24, 2.45) is 0 Å². The SMILES string of the molecule is Cc1nc(-c2ccc(Cl)cn2)[nH]c(=O)c1CCC(=O)O. The van der Waals surface area contributed by atoms with Gasteiger partial charge in [-0.05, 0) is 25.5 Å². The zero-order valence-corrected chi connectivity index (χ0v) is 11.4. The van der Waals surface area contributed by atoms with Crippen molar-refractivity contribution in [3.05, 3.63) is 45.0 Å². The van der Waals surface area contributed by atoms with Gasteiger partial charge in [-0.1, -0.05) is 11.6 Å².